The fourth-order valence-electron chi connectivity index (χ4n) is 6.19. The lowest BCUT2D eigenvalue weighted by Crippen LogP contribution is -2.19. The lowest BCUT2D eigenvalue weighted by Gasteiger charge is -2.26. The van der Waals surface area contributed by atoms with Crippen molar-refractivity contribution in [3.05, 3.63) is 108 Å². The predicted molar refractivity (Wildman–Crippen MR) is 136 cm³/mol. The zero-order chi connectivity index (χ0) is 21.4. The second-order valence-corrected chi connectivity index (χ2v) is 9.43. The van der Waals surface area contributed by atoms with Crippen LogP contribution in [0.1, 0.15) is 31.4 Å². The van der Waals surface area contributed by atoms with Crippen LogP contribution in [0, 0.1) is 0 Å². The molecule has 1 atom stereocenters. The first-order chi connectivity index (χ1) is 15.7. The number of hydrogen-bond donors (Lipinski definition) is 0. The first-order valence-corrected chi connectivity index (χ1v) is 11.6. The van der Waals surface area contributed by atoms with Gasteiger partial charge in [-0.05, 0) is 78.9 Å². The third-order valence-corrected chi connectivity index (χ3v) is 7.99. The molecule has 5 aromatic carbocycles. The molecule has 0 fully saturated rings. The number of rotatable bonds is 2. The molecule has 0 aliphatic heterocycles. The first-order valence-electron chi connectivity index (χ1n) is 11.6. The highest BCUT2D eigenvalue weighted by molar-refractivity contribution is 6.18. The van der Waals surface area contributed by atoms with E-state index >= 15 is 0 Å². The minimum atomic E-state index is 0.0625. The standard InChI is InChI=1S/C32H24/c1-3-32(2)29-14-7-6-11-24(29)25-16-15-20(19-30(25)32)21-17-18-28-23-10-5-4-9-22(23)27-13-8-12-26(21)31(27)28/h4-19H,3H2,1-2H3. The van der Waals surface area contributed by atoms with Crippen LogP contribution in [0.2, 0.25) is 0 Å². The van der Waals surface area contributed by atoms with Gasteiger partial charge < -0.3 is 0 Å². The van der Waals surface area contributed by atoms with E-state index in [2.05, 4.69) is 111 Å². The first kappa shape index (κ1) is 18.0. The Morgan fingerprint density at radius 2 is 1.12 bits per heavy atom. The summed E-state index contributed by atoms with van der Waals surface area (Å²) in [6.07, 6.45) is 1.10. The van der Waals surface area contributed by atoms with Crippen molar-refractivity contribution < 1.29 is 0 Å². The van der Waals surface area contributed by atoms with Crippen molar-refractivity contribution in [2.45, 2.75) is 25.7 Å². The van der Waals surface area contributed by atoms with Gasteiger partial charge in [0.15, 0.2) is 0 Å². The van der Waals surface area contributed by atoms with Gasteiger partial charge in [-0.2, -0.15) is 0 Å². The maximum absolute atomic E-state index is 2.46. The topological polar surface area (TPSA) is 0 Å². The van der Waals surface area contributed by atoms with E-state index in [1.54, 1.807) is 0 Å². The summed E-state index contributed by atoms with van der Waals surface area (Å²) in [5, 5.41) is 2.75. The molecule has 1 unspecified atom stereocenters. The van der Waals surface area contributed by atoms with Gasteiger partial charge in [-0.25, -0.2) is 0 Å². The molecule has 0 saturated heterocycles. The fraction of sp³-hybridized carbons (Fsp3) is 0.125. The summed E-state index contributed by atoms with van der Waals surface area (Å²) in [5.41, 5.74) is 13.9. The van der Waals surface area contributed by atoms with E-state index < -0.39 is 0 Å². The Labute approximate surface area is 189 Å². The van der Waals surface area contributed by atoms with Gasteiger partial charge in [0.1, 0.15) is 0 Å². The third-order valence-electron chi connectivity index (χ3n) is 7.99. The lowest BCUT2D eigenvalue weighted by atomic mass is 9.77. The maximum atomic E-state index is 2.46. The van der Waals surface area contributed by atoms with E-state index in [-0.39, 0.29) is 5.41 Å². The van der Waals surface area contributed by atoms with E-state index in [0.717, 1.165) is 6.42 Å². The highest BCUT2D eigenvalue weighted by atomic mass is 14.4. The SMILES string of the molecule is CCC1(C)c2ccccc2-c2ccc(-c3ccc4c5c(cccc35)-c3ccccc3-4)cc21. The van der Waals surface area contributed by atoms with Crippen molar-refractivity contribution in [2.24, 2.45) is 0 Å². The molecule has 0 bridgehead atoms. The molecule has 0 nitrogen and oxygen atoms in total. The Bertz CT molecular complexity index is 1540. The highest BCUT2D eigenvalue weighted by Crippen LogP contribution is 2.53. The Hall–Kier alpha value is -3.64. The summed E-state index contributed by atoms with van der Waals surface area (Å²) in [5.74, 6) is 0. The molecule has 7 rings (SSSR count). The van der Waals surface area contributed by atoms with Gasteiger partial charge in [0.05, 0.1) is 0 Å². The molecule has 0 heteroatoms. The van der Waals surface area contributed by atoms with Crippen LogP contribution in [-0.4, -0.2) is 0 Å². The van der Waals surface area contributed by atoms with Crippen LogP contribution in [-0.2, 0) is 5.41 Å². The molecule has 2 aliphatic rings. The summed E-state index contributed by atoms with van der Waals surface area (Å²) >= 11 is 0. The van der Waals surface area contributed by atoms with Crippen LogP contribution in [0.15, 0.2) is 97.1 Å². The van der Waals surface area contributed by atoms with Gasteiger partial charge >= 0.3 is 0 Å². The average Bonchev–Trinajstić information content (AvgIpc) is 3.31. The molecule has 0 radical (unpaired) electrons. The largest absolute Gasteiger partial charge is 0.0642 e. The van der Waals surface area contributed by atoms with Crippen molar-refractivity contribution in [2.75, 3.05) is 0 Å². The van der Waals surface area contributed by atoms with Gasteiger partial charge in [-0.3, -0.25) is 0 Å². The summed E-state index contributed by atoms with van der Waals surface area (Å²) in [7, 11) is 0. The predicted octanol–water partition coefficient (Wildman–Crippen LogP) is 8.85. The molecular weight excluding hydrogens is 384 g/mol. The Kier molecular flexibility index (Phi) is 3.49. The number of benzene rings is 5. The minimum Gasteiger partial charge on any atom is -0.0642 e. The van der Waals surface area contributed by atoms with E-state index in [1.807, 2.05) is 0 Å². The number of fused-ring (bicyclic) bond motifs is 6. The molecule has 5 aromatic rings. The number of hydrogen-bond acceptors (Lipinski definition) is 0. The molecule has 0 saturated carbocycles. The van der Waals surface area contributed by atoms with Gasteiger partial charge in [-0.1, -0.05) is 105 Å². The second-order valence-electron chi connectivity index (χ2n) is 9.43. The Morgan fingerprint density at radius 3 is 1.91 bits per heavy atom. The normalized spacial score (nSPS) is 17.3. The van der Waals surface area contributed by atoms with Crippen LogP contribution in [0.25, 0.3) is 55.3 Å². The maximum Gasteiger partial charge on any atom is 0.0184 e. The van der Waals surface area contributed by atoms with Gasteiger partial charge in [0, 0.05) is 5.41 Å². The summed E-state index contributed by atoms with van der Waals surface area (Å²) in [6.45, 7) is 4.72. The fourth-order valence-corrected chi connectivity index (χ4v) is 6.19. The second kappa shape index (κ2) is 6.20. The van der Waals surface area contributed by atoms with Crippen LogP contribution in [0.5, 0.6) is 0 Å². The Balaban J connectivity index is 1.48. The van der Waals surface area contributed by atoms with E-state index in [0.29, 0.717) is 0 Å². The molecule has 0 aromatic heterocycles. The summed E-state index contributed by atoms with van der Waals surface area (Å²) < 4.78 is 0. The smallest absolute Gasteiger partial charge is 0.0184 e. The van der Waals surface area contributed by atoms with Crippen molar-refractivity contribution >= 4 is 10.8 Å². The van der Waals surface area contributed by atoms with Crippen molar-refractivity contribution in [3.8, 4) is 44.5 Å². The molecule has 0 heterocycles. The van der Waals surface area contributed by atoms with E-state index in [4.69, 9.17) is 0 Å². The zero-order valence-electron chi connectivity index (χ0n) is 18.4. The minimum absolute atomic E-state index is 0.0625. The quantitative estimate of drug-likeness (QED) is 0.268. The van der Waals surface area contributed by atoms with E-state index in [1.165, 1.54) is 66.4 Å². The molecular formula is C32H24. The third kappa shape index (κ3) is 2.12. The molecule has 0 amide bonds. The van der Waals surface area contributed by atoms with Crippen LogP contribution >= 0.6 is 0 Å². The highest BCUT2D eigenvalue weighted by Gasteiger charge is 2.37. The van der Waals surface area contributed by atoms with Gasteiger partial charge in [-0.15, -0.1) is 0 Å². The zero-order valence-corrected chi connectivity index (χ0v) is 18.4. The van der Waals surface area contributed by atoms with Crippen LogP contribution in [0.4, 0.5) is 0 Å². The van der Waals surface area contributed by atoms with E-state index in [9.17, 15) is 0 Å². The molecule has 2 aliphatic carbocycles. The van der Waals surface area contributed by atoms with Crippen molar-refractivity contribution in [1.29, 1.82) is 0 Å². The molecule has 0 spiro atoms. The average molecular weight is 409 g/mol. The molecule has 32 heavy (non-hydrogen) atoms. The lowest BCUT2D eigenvalue weighted by molar-refractivity contribution is 0.565. The van der Waals surface area contributed by atoms with Crippen molar-refractivity contribution in [1.82, 2.24) is 0 Å². The van der Waals surface area contributed by atoms with Gasteiger partial charge in [0.2, 0.25) is 0 Å². The Morgan fingerprint density at radius 1 is 0.531 bits per heavy atom. The summed E-state index contributed by atoms with van der Waals surface area (Å²) in [4.78, 5) is 0. The van der Waals surface area contributed by atoms with Crippen molar-refractivity contribution in [3.63, 3.8) is 0 Å². The monoisotopic (exact) mass is 408 g/mol. The summed E-state index contributed by atoms with van der Waals surface area (Å²) in [6, 6.07) is 36.3. The molecule has 0 N–H and O–H groups in total. The molecule has 152 valence electrons. The van der Waals surface area contributed by atoms with Crippen LogP contribution in [0.3, 0.4) is 0 Å². The van der Waals surface area contributed by atoms with Crippen LogP contribution < -0.4 is 0 Å². The van der Waals surface area contributed by atoms with Gasteiger partial charge in [0.25, 0.3) is 0 Å².